The van der Waals surface area contributed by atoms with E-state index in [0.29, 0.717) is 30.3 Å². The summed E-state index contributed by atoms with van der Waals surface area (Å²) in [7, 11) is 0. The molecule has 4 heteroatoms. The van der Waals surface area contributed by atoms with Crippen molar-refractivity contribution in [3.8, 4) is 11.5 Å². The Hall–Kier alpha value is -1.71. The number of amides is 1. The van der Waals surface area contributed by atoms with Crippen molar-refractivity contribution in [2.75, 3.05) is 13.2 Å². The maximum Gasteiger partial charge on any atom is 0.251 e. The van der Waals surface area contributed by atoms with Gasteiger partial charge in [-0.15, -0.1) is 0 Å². The highest BCUT2D eigenvalue weighted by Crippen LogP contribution is 2.30. The Morgan fingerprint density at radius 3 is 2.47 bits per heavy atom. The van der Waals surface area contributed by atoms with Gasteiger partial charge in [0.05, 0.1) is 0 Å². The van der Waals surface area contributed by atoms with E-state index in [1.807, 2.05) is 20.8 Å². The van der Waals surface area contributed by atoms with Gasteiger partial charge < -0.3 is 14.8 Å². The number of hydrogen-bond acceptors (Lipinski definition) is 3. The summed E-state index contributed by atoms with van der Waals surface area (Å²) < 4.78 is 10.8. The van der Waals surface area contributed by atoms with Gasteiger partial charge in [-0.3, -0.25) is 4.79 Å². The molecule has 0 saturated heterocycles. The number of carbonyl (C=O) groups excluding carboxylic acids is 1. The molecule has 0 aliphatic carbocycles. The van der Waals surface area contributed by atoms with Crippen LogP contribution in [0.1, 0.15) is 31.1 Å². The number of nitrogens with one attached hydrogen (secondary N) is 1. The fourth-order valence-electron chi connectivity index (χ4n) is 1.60. The topological polar surface area (TPSA) is 47.6 Å². The maximum atomic E-state index is 11.9. The summed E-state index contributed by atoms with van der Waals surface area (Å²) in [4.78, 5) is 11.9. The van der Waals surface area contributed by atoms with E-state index in [1.54, 1.807) is 18.2 Å². The molecule has 0 radical (unpaired) electrons. The van der Waals surface area contributed by atoms with Gasteiger partial charge in [0.2, 0.25) is 0 Å². The first-order chi connectivity index (χ1) is 7.96. The smallest absolute Gasteiger partial charge is 0.251 e. The molecule has 92 valence electrons. The van der Waals surface area contributed by atoms with Crippen molar-refractivity contribution >= 4 is 5.91 Å². The third-order valence-corrected chi connectivity index (χ3v) is 2.29. The van der Waals surface area contributed by atoms with Crippen LogP contribution in [0.25, 0.3) is 0 Å². The zero-order chi connectivity index (χ0) is 12.5. The lowest BCUT2D eigenvalue weighted by Crippen LogP contribution is -2.40. The van der Waals surface area contributed by atoms with E-state index >= 15 is 0 Å². The molecule has 17 heavy (non-hydrogen) atoms. The molecule has 0 aromatic heterocycles. The molecule has 0 saturated carbocycles. The summed E-state index contributed by atoms with van der Waals surface area (Å²) in [6.45, 7) is 6.92. The number of benzene rings is 1. The quantitative estimate of drug-likeness (QED) is 0.809. The Labute approximate surface area is 101 Å². The molecule has 0 unspecified atom stereocenters. The Bertz CT molecular complexity index is 435. The predicted molar refractivity (Wildman–Crippen MR) is 64.7 cm³/mol. The van der Waals surface area contributed by atoms with E-state index in [2.05, 4.69) is 5.32 Å². The average molecular weight is 235 g/mol. The molecule has 4 nitrogen and oxygen atoms in total. The first-order valence-electron chi connectivity index (χ1n) is 5.68. The van der Waals surface area contributed by atoms with E-state index in [0.717, 1.165) is 0 Å². The van der Waals surface area contributed by atoms with Gasteiger partial charge in [0.25, 0.3) is 5.91 Å². The fourth-order valence-corrected chi connectivity index (χ4v) is 1.60. The van der Waals surface area contributed by atoms with Crippen LogP contribution in [0.5, 0.6) is 11.5 Å². The summed E-state index contributed by atoms with van der Waals surface area (Å²) in [5, 5.41) is 2.91. The van der Waals surface area contributed by atoms with Crippen LogP contribution in [0.4, 0.5) is 0 Å². The monoisotopic (exact) mass is 235 g/mol. The van der Waals surface area contributed by atoms with Gasteiger partial charge in [0.1, 0.15) is 13.2 Å². The number of ether oxygens (including phenoxy) is 2. The van der Waals surface area contributed by atoms with Crippen LogP contribution < -0.4 is 14.8 Å². The zero-order valence-electron chi connectivity index (χ0n) is 10.4. The van der Waals surface area contributed by atoms with Crippen molar-refractivity contribution in [3.63, 3.8) is 0 Å². The van der Waals surface area contributed by atoms with Crippen LogP contribution in [0, 0.1) is 0 Å². The number of hydrogen-bond donors (Lipinski definition) is 1. The lowest BCUT2D eigenvalue weighted by Gasteiger charge is -2.22. The molecule has 0 fully saturated rings. The van der Waals surface area contributed by atoms with Crippen molar-refractivity contribution < 1.29 is 14.3 Å². The molecule has 1 aliphatic heterocycles. The van der Waals surface area contributed by atoms with Crippen LogP contribution in [0.2, 0.25) is 0 Å². The second kappa shape index (κ2) is 4.28. The minimum atomic E-state index is -0.246. The Balaban J connectivity index is 2.19. The minimum Gasteiger partial charge on any atom is -0.486 e. The first kappa shape index (κ1) is 11.8. The third kappa shape index (κ3) is 2.90. The normalized spacial score (nSPS) is 14.3. The standard InChI is InChI=1S/C13H17NO3/c1-13(2,3)14-12(15)9-4-5-10-11(8-9)17-7-6-16-10/h4-5,8H,6-7H2,1-3H3,(H,14,15). The molecule has 2 rings (SSSR count). The van der Waals surface area contributed by atoms with E-state index in [1.165, 1.54) is 0 Å². The lowest BCUT2D eigenvalue weighted by molar-refractivity contribution is 0.0918. The Morgan fingerprint density at radius 1 is 1.18 bits per heavy atom. The van der Waals surface area contributed by atoms with Crippen LogP contribution >= 0.6 is 0 Å². The third-order valence-electron chi connectivity index (χ3n) is 2.29. The molecule has 0 bridgehead atoms. The number of rotatable bonds is 1. The molecular weight excluding hydrogens is 218 g/mol. The van der Waals surface area contributed by atoms with E-state index in [-0.39, 0.29) is 11.4 Å². The lowest BCUT2D eigenvalue weighted by atomic mass is 10.1. The molecule has 0 spiro atoms. The van der Waals surface area contributed by atoms with E-state index in [4.69, 9.17) is 9.47 Å². The summed E-state index contributed by atoms with van der Waals surface area (Å²) in [6, 6.07) is 5.23. The molecule has 1 aromatic carbocycles. The van der Waals surface area contributed by atoms with Crippen molar-refractivity contribution in [1.82, 2.24) is 5.32 Å². The van der Waals surface area contributed by atoms with Gasteiger partial charge in [-0.1, -0.05) is 0 Å². The summed E-state index contributed by atoms with van der Waals surface area (Å²) in [5.74, 6) is 1.23. The van der Waals surface area contributed by atoms with Crippen LogP contribution in [0.15, 0.2) is 18.2 Å². The van der Waals surface area contributed by atoms with Gasteiger partial charge in [-0.25, -0.2) is 0 Å². The second-order valence-electron chi connectivity index (χ2n) is 5.06. The highest BCUT2D eigenvalue weighted by molar-refractivity contribution is 5.95. The molecular formula is C13H17NO3. The first-order valence-corrected chi connectivity index (χ1v) is 5.68. The van der Waals surface area contributed by atoms with Gasteiger partial charge in [0, 0.05) is 11.1 Å². The molecule has 1 aromatic rings. The summed E-state index contributed by atoms with van der Waals surface area (Å²) in [5.41, 5.74) is 0.342. The number of fused-ring (bicyclic) bond motifs is 1. The van der Waals surface area contributed by atoms with Crippen molar-refractivity contribution in [1.29, 1.82) is 0 Å². The van der Waals surface area contributed by atoms with Crippen molar-refractivity contribution in [2.24, 2.45) is 0 Å². The van der Waals surface area contributed by atoms with Crippen LogP contribution in [0.3, 0.4) is 0 Å². The van der Waals surface area contributed by atoms with Crippen LogP contribution in [-0.4, -0.2) is 24.7 Å². The molecule has 1 heterocycles. The van der Waals surface area contributed by atoms with Gasteiger partial charge in [-0.05, 0) is 39.0 Å². The summed E-state index contributed by atoms with van der Waals surface area (Å²) >= 11 is 0. The second-order valence-corrected chi connectivity index (χ2v) is 5.06. The van der Waals surface area contributed by atoms with Gasteiger partial charge in [-0.2, -0.15) is 0 Å². The average Bonchev–Trinajstić information content (AvgIpc) is 2.26. The molecule has 0 atom stereocenters. The largest absolute Gasteiger partial charge is 0.486 e. The molecule has 1 aliphatic rings. The van der Waals surface area contributed by atoms with Crippen molar-refractivity contribution in [3.05, 3.63) is 23.8 Å². The SMILES string of the molecule is CC(C)(C)NC(=O)c1ccc2c(c1)OCCO2. The van der Waals surface area contributed by atoms with Crippen LogP contribution in [-0.2, 0) is 0 Å². The van der Waals surface area contributed by atoms with Gasteiger partial charge >= 0.3 is 0 Å². The highest BCUT2D eigenvalue weighted by atomic mass is 16.6. The van der Waals surface area contributed by atoms with E-state index in [9.17, 15) is 4.79 Å². The zero-order valence-corrected chi connectivity index (χ0v) is 10.4. The molecule has 1 amide bonds. The fraction of sp³-hybridized carbons (Fsp3) is 0.462. The Morgan fingerprint density at radius 2 is 1.82 bits per heavy atom. The van der Waals surface area contributed by atoms with Gasteiger partial charge in [0.15, 0.2) is 11.5 Å². The Kier molecular flexibility index (Phi) is 2.96. The molecule has 1 N–H and O–H groups in total. The number of carbonyl (C=O) groups is 1. The minimum absolute atomic E-state index is 0.102. The predicted octanol–water partition coefficient (Wildman–Crippen LogP) is 1.99. The van der Waals surface area contributed by atoms with E-state index < -0.39 is 0 Å². The maximum absolute atomic E-state index is 11.9. The highest BCUT2D eigenvalue weighted by Gasteiger charge is 2.18. The van der Waals surface area contributed by atoms with Crippen molar-refractivity contribution in [2.45, 2.75) is 26.3 Å². The summed E-state index contributed by atoms with van der Waals surface area (Å²) in [6.07, 6.45) is 0.